The van der Waals surface area contributed by atoms with Gasteiger partial charge in [-0.05, 0) is 30.5 Å². The van der Waals surface area contributed by atoms with Crippen LogP contribution < -0.4 is 10.5 Å². The highest BCUT2D eigenvalue weighted by Crippen LogP contribution is 2.05. The zero-order valence-corrected chi connectivity index (χ0v) is 11.0. The maximum Gasteiger partial charge on any atom is 0.211 e. The lowest BCUT2D eigenvalue weighted by atomic mass is 10.1. The summed E-state index contributed by atoms with van der Waals surface area (Å²) >= 11 is 0. The smallest absolute Gasteiger partial charge is 0.211 e. The van der Waals surface area contributed by atoms with Crippen LogP contribution in [0.1, 0.15) is 25.3 Å². The average Bonchev–Trinajstić information content (AvgIpc) is 2.29. The van der Waals surface area contributed by atoms with Crippen molar-refractivity contribution in [3.05, 3.63) is 29.8 Å². The van der Waals surface area contributed by atoms with Crippen LogP contribution in [0.15, 0.2) is 24.3 Å². The van der Waals surface area contributed by atoms with E-state index in [1.165, 1.54) is 0 Å². The minimum Gasteiger partial charge on any atom is -0.399 e. The number of unbranched alkanes of at least 4 members (excludes halogenated alkanes) is 1. The maximum absolute atomic E-state index is 11.5. The van der Waals surface area contributed by atoms with Gasteiger partial charge in [-0.15, -0.1) is 0 Å². The quantitative estimate of drug-likeness (QED) is 0.727. The minimum atomic E-state index is -3.10. The molecule has 4 nitrogen and oxygen atoms in total. The molecular formula is C12H20N2O2S. The first kappa shape index (κ1) is 14.0. The summed E-state index contributed by atoms with van der Waals surface area (Å²) in [4.78, 5) is 0. The molecule has 0 aliphatic rings. The van der Waals surface area contributed by atoms with Crippen LogP contribution in [0.25, 0.3) is 0 Å². The van der Waals surface area contributed by atoms with Gasteiger partial charge in [0.2, 0.25) is 10.0 Å². The lowest BCUT2D eigenvalue weighted by molar-refractivity contribution is 0.578. The lowest BCUT2D eigenvalue weighted by Crippen LogP contribution is -2.28. The van der Waals surface area contributed by atoms with E-state index in [4.69, 9.17) is 5.73 Å². The van der Waals surface area contributed by atoms with Crippen molar-refractivity contribution in [1.29, 1.82) is 0 Å². The van der Waals surface area contributed by atoms with E-state index < -0.39 is 10.0 Å². The normalized spacial score (nSPS) is 11.6. The zero-order valence-electron chi connectivity index (χ0n) is 10.1. The molecule has 0 bridgehead atoms. The Morgan fingerprint density at radius 1 is 1.24 bits per heavy atom. The fraction of sp³-hybridized carbons (Fsp3) is 0.500. The molecule has 0 saturated heterocycles. The van der Waals surface area contributed by atoms with Gasteiger partial charge in [-0.3, -0.25) is 0 Å². The van der Waals surface area contributed by atoms with Crippen LogP contribution in [0.3, 0.4) is 0 Å². The Kier molecular flexibility index (Phi) is 5.44. The highest BCUT2D eigenvalue weighted by molar-refractivity contribution is 7.89. The molecule has 1 rings (SSSR count). The van der Waals surface area contributed by atoms with E-state index in [2.05, 4.69) is 4.72 Å². The van der Waals surface area contributed by atoms with Crippen molar-refractivity contribution in [3.63, 3.8) is 0 Å². The van der Waals surface area contributed by atoms with Crippen LogP contribution in [0.2, 0.25) is 0 Å². The molecule has 0 aromatic heterocycles. The maximum atomic E-state index is 11.5. The first-order valence-electron chi connectivity index (χ1n) is 5.85. The molecule has 0 radical (unpaired) electrons. The van der Waals surface area contributed by atoms with Gasteiger partial charge in [-0.25, -0.2) is 13.1 Å². The van der Waals surface area contributed by atoms with Gasteiger partial charge in [0.05, 0.1) is 5.75 Å². The summed E-state index contributed by atoms with van der Waals surface area (Å²) in [5.41, 5.74) is 7.37. The summed E-state index contributed by atoms with van der Waals surface area (Å²) < 4.78 is 25.6. The van der Waals surface area contributed by atoms with Crippen molar-refractivity contribution in [2.24, 2.45) is 0 Å². The van der Waals surface area contributed by atoms with Crippen LogP contribution in [-0.4, -0.2) is 20.7 Å². The number of hydrogen-bond acceptors (Lipinski definition) is 3. The van der Waals surface area contributed by atoms with Crippen molar-refractivity contribution in [3.8, 4) is 0 Å². The van der Waals surface area contributed by atoms with Gasteiger partial charge in [0, 0.05) is 12.2 Å². The molecule has 3 N–H and O–H groups in total. The third-order valence-electron chi connectivity index (χ3n) is 2.48. The molecule has 5 heteroatoms. The van der Waals surface area contributed by atoms with Crippen molar-refractivity contribution in [2.45, 2.75) is 26.2 Å². The molecule has 0 unspecified atom stereocenters. The Morgan fingerprint density at radius 2 is 1.88 bits per heavy atom. The van der Waals surface area contributed by atoms with Crippen molar-refractivity contribution in [2.75, 3.05) is 18.0 Å². The van der Waals surface area contributed by atoms with Gasteiger partial charge >= 0.3 is 0 Å². The topological polar surface area (TPSA) is 72.2 Å². The fourth-order valence-corrected chi connectivity index (χ4v) is 2.67. The number of sulfonamides is 1. The number of nitrogens with two attached hydrogens (primary N) is 1. The molecule has 1 aromatic rings. The number of benzene rings is 1. The number of anilines is 1. The van der Waals surface area contributed by atoms with E-state index in [9.17, 15) is 8.42 Å². The van der Waals surface area contributed by atoms with E-state index in [0.717, 1.165) is 17.7 Å². The molecule has 17 heavy (non-hydrogen) atoms. The second kappa shape index (κ2) is 6.61. The van der Waals surface area contributed by atoms with Crippen LogP contribution in [0.5, 0.6) is 0 Å². The molecule has 0 saturated carbocycles. The van der Waals surface area contributed by atoms with Gasteiger partial charge < -0.3 is 5.73 Å². The number of nitrogen functional groups attached to an aromatic ring is 1. The first-order chi connectivity index (χ1) is 8.03. The monoisotopic (exact) mass is 256 g/mol. The molecule has 0 aliphatic heterocycles. The summed E-state index contributed by atoms with van der Waals surface area (Å²) in [7, 11) is -3.10. The largest absolute Gasteiger partial charge is 0.399 e. The fourth-order valence-electron chi connectivity index (χ4n) is 1.44. The zero-order chi connectivity index (χ0) is 12.7. The number of nitrogens with one attached hydrogen (secondary N) is 1. The molecule has 0 fully saturated rings. The second-order valence-electron chi connectivity index (χ2n) is 4.06. The Bertz CT molecular complexity index is 426. The van der Waals surface area contributed by atoms with Gasteiger partial charge in [0.1, 0.15) is 0 Å². The number of rotatable bonds is 7. The highest BCUT2D eigenvalue weighted by Gasteiger charge is 2.07. The predicted octanol–water partition coefficient (Wildman–Crippen LogP) is 1.53. The molecule has 96 valence electrons. The summed E-state index contributed by atoms with van der Waals surface area (Å²) in [5.74, 6) is 0.214. The van der Waals surface area contributed by atoms with E-state index in [1.807, 2.05) is 31.2 Å². The molecule has 0 amide bonds. The van der Waals surface area contributed by atoms with Crippen LogP contribution in [-0.2, 0) is 16.4 Å². The van der Waals surface area contributed by atoms with Crippen LogP contribution in [0.4, 0.5) is 5.69 Å². The number of hydrogen-bond donors (Lipinski definition) is 2. The van der Waals surface area contributed by atoms with E-state index >= 15 is 0 Å². The van der Waals surface area contributed by atoms with Crippen molar-refractivity contribution >= 4 is 15.7 Å². The predicted molar refractivity (Wildman–Crippen MR) is 71.3 cm³/mol. The highest BCUT2D eigenvalue weighted by atomic mass is 32.2. The second-order valence-corrected chi connectivity index (χ2v) is 5.98. The summed E-state index contributed by atoms with van der Waals surface area (Å²) in [6.07, 6.45) is 2.28. The Labute approximate surface area is 103 Å². The molecule has 0 aliphatic carbocycles. The van der Waals surface area contributed by atoms with Gasteiger partial charge in [0.15, 0.2) is 0 Å². The van der Waals surface area contributed by atoms with E-state index in [0.29, 0.717) is 19.4 Å². The van der Waals surface area contributed by atoms with E-state index in [1.54, 1.807) is 0 Å². The molecule has 0 atom stereocenters. The van der Waals surface area contributed by atoms with Gasteiger partial charge in [0.25, 0.3) is 0 Å². The summed E-state index contributed by atoms with van der Waals surface area (Å²) in [6, 6.07) is 7.47. The van der Waals surface area contributed by atoms with E-state index in [-0.39, 0.29) is 5.75 Å². The SMILES string of the molecule is CCCCS(=O)(=O)NCCc1ccc(N)cc1. The molecular weight excluding hydrogens is 236 g/mol. The van der Waals surface area contributed by atoms with Gasteiger partial charge in [-0.2, -0.15) is 0 Å². The molecule has 0 spiro atoms. The Hall–Kier alpha value is -1.07. The lowest BCUT2D eigenvalue weighted by Gasteiger charge is -2.06. The Morgan fingerprint density at radius 3 is 2.47 bits per heavy atom. The standard InChI is InChI=1S/C12H20N2O2S/c1-2-3-10-17(15,16)14-9-8-11-4-6-12(13)7-5-11/h4-7,14H,2-3,8-10,13H2,1H3. The third kappa shape index (κ3) is 5.70. The average molecular weight is 256 g/mol. The van der Waals surface area contributed by atoms with Crippen molar-refractivity contribution in [1.82, 2.24) is 4.72 Å². The first-order valence-corrected chi connectivity index (χ1v) is 7.50. The minimum absolute atomic E-state index is 0.214. The Balaban J connectivity index is 2.34. The molecule has 1 aromatic carbocycles. The third-order valence-corrected chi connectivity index (χ3v) is 3.95. The van der Waals surface area contributed by atoms with Crippen LogP contribution >= 0.6 is 0 Å². The van der Waals surface area contributed by atoms with Crippen LogP contribution in [0, 0.1) is 0 Å². The summed E-state index contributed by atoms with van der Waals surface area (Å²) in [5, 5.41) is 0. The molecule has 0 heterocycles. The summed E-state index contributed by atoms with van der Waals surface area (Å²) in [6.45, 7) is 2.42. The van der Waals surface area contributed by atoms with Gasteiger partial charge in [-0.1, -0.05) is 25.5 Å². The van der Waals surface area contributed by atoms with Crippen molar-refractivity contribution < 1.29 is 8.42 Å².